The molecule has 2 aromatic heterocycles. The Balaban J connectivity index is 2.75. The molecule has 0 saturated carbocycles. The van der Waals surface area contributed by atoms with Gasteiger partial charge in [-0.25, -0.2) is 14.5 Å². The molecular weight excluding hydrogens is 164 g/mol. The van der Waals surface area contributed by atoms with Crippen LogP contribution >= 0.6 is 0 Å². The van der Waals surface area contributed by atoms with Crippen molar-refractivity contribution in [1.29, 1.82) is 0 Å². The molecule has 2 heterocycles. The lowest BCUT2D eigenvalue weighted by Gasteiger charge is -2.17. The van der Waals surface area contributed by atoms with Crippen LogP contribution in [0.4, 0.5) is 0 Å². The quantitative estimate of drug-likeness (QED) is 0.609. The smallest absolute Gasteiger partial charge is 0.158 e. The summed E-state index contributed by atoms with van der Waals surface area (Å²) in [5, 5.41) is 4.18. The van der Waals surface area contributed by atoms with Crippen molar-refractivity contribution in [1.82, 2.24) is 19.6 Å². The highest BCUT2D eigenvalue weighted by atomic mass is 15.3. The average Bonchev–Trinajstić information content (AvgIpc) is 2.48. The Morgan fingerprint density at radius 3 is 2.69 bits per heavy atom. The third kappa shape index (κ3) is 1.28. The fourth-order valence-corrected chi connectivity index (χ4v) is 1.27. The van der Waals surface area contributed by atoms with Gasteiger partial charge in [-0.3, -0.25) is 0 Å². The zero-order chi connectivity index (χ0) is 9.47. The van der Waals surface area contributed by atoms with Crippen LogP contribution in [-0.2, 0) is 5.41 Å². The molecule has 0 N–H and O–H groups in total. The van der Waals surface area contributed by atoms with Gasteiger partial charge < -0.3 is 0 Å². The first-order chi connectivity index (χ1) is 6.09. The van der Waals surface area contributed by atoms with E-state index in [9.17, 15) is 0 Å². The van der Waals surface area contributed by atoms with Gasteiger partial charge in [0.1, 0.15) is 12.2 Å². The van der Waals surface area contributed by atoms with Gasteiger partial charge in [0.2, 0.25) is 0 Å². The Labute approximate surface area is 76.6 Å². The lowest BCUT2D eigenvalue weighted by atomic mass is 9.96. The van der Waals surface area contributed by atoms with Crippen molar-refractivity contribution in [3.8, 4) is 0 Å². The molecule has 13 heavy (non-hydrogen) atoms. The van der Waals surface area contributed by atoms with E-state index in [1.54, 1.807) is 17.0 Å². The monoisotopic (exact) mass is 176 g/mol. The Bertz CT molecular complexity index is 424. The molecule has 0 atom stereocenters. The van der Waals surface area contributed by atoms with Crippen molar-refractivity contribution in [3.05, 3.63) is 24.4 Å². The molecule has 0 spiro atoms. The van der Waals surface area contributed by atoms with Crippen molar-refractivity contribution in [2.75, 3.05) is 0 Å². The molecule has 4 heteroatoms. The lowest BCUT2D eigenvalue weighted by Crippen LogP contribution is -2.19. The summed E-state index contributed by atoms with van der Waals surface area (Å²) in [7, 11) is 0. The van der Waals surface area contributed by atoms with Crippen LogP contribution in [0, 0.1) is 0 Å². The minimum absolute atomic E-state index is 0.00674. The highest BCUT2D eigenvalue weighted by molar-refractivity contribution is 5.35. The van der Waals surface area contributed by atoms with E-state index in [0.29, 0.717) is 0 Å². The molecule has 0 radical (unpaired) electrons. The van der Waals surface area contributed by atoms with Crippen LogP contribution in [0.3, 0.4) is 0 Å². The normalized spacial score (nSPS) is 12.2. The Morgan fingerprint density at radius 2 is 2.00 bits per heavy atom. The van der Waals surface area contributed by atoms with E-state index < -0.39 is 0 Å². The van der Waals surface area contributed by atoms with Gasteiger partial charge in [0.25, 0.3) is 0 Å². The summed E-state index contributed by atoms with van der Waals surface area (Å²) in [4.78, 5) is 8.34. The third-order valence-corrected chi connectivity index (χ3v) is 1.86. The van der Waals surface area contributed by atoms with Gasteiger partial charge in [-0.15, -0.1) is 0 Å². The van der Waals surface area contributed by atoms with Gasteiger partial charge in [0, 0.05) is 11.5 Å². The fraction of sp³-hybridized carbons (Fsp3) is 0.444. The molecule has 0 aliphatic rings. The van der Waals surface area contributed by atoms with Gasteiger partial charge in [0.05, 0.1) is 6.20 Å². The molecule has 2 rings (SSSR count). The standard InChI is InChI=1S/C9H12N4/c1-9(2,3)8-11-6-10-7-4-5-12-13(7)8/h4-6H,1-3H3. The van der Waals surface area contributed by atoms with Crippen molar-refractivity contribution in [2.45, 2.75) is 26.2 Å². The molecular formula is C9H12N4. The van der Waals surface area contributed by atoms with E-state index in [1.807, 2.05) is 6.07 Å². The summed E-state index contributed by atoms with van der Waals surface area (Å²) in [5.41, 5.74) is 0.840. The summed E-state index contributed by atoms with van der Waals surface area (Å²) in [6.07, 6.45) is 3.32. The highest BCUT2D eigenvalue weighted by Crippen LogP contribution is 2.18. The highest BCUT2D eigenvalue weighted by Gasteiger charge is 2.19. The van der Waals surface area contributed by atoms with Crippen LogP contribution in [-0.4, -0.2) is 19.6 Å². The van der Waals surface area contributed by atoms with Gasteiger partial charge in [-0.2, -0.15) is 5.10 Å². The molecule has 0 unspecified atom stereocenters. The van der Waals surface area contributed by atoms with Crippen LogP contribution < -0.4 is 0 Å². The minimum atomic E-state index is -0.00674. The molecule has 68 valence electrons. The maximum absolute atomic E-state index is 4.24. The predicted molar refractivity (Wildman–Crippen MR) is 49.5 cm³/mol. The van der Waals surface area contributed by atoms with Crippen LogP contribution in [0.2, 0.25) is 0 Å². The topological polar surface area (TPSA) is 43.1 Å². The zero-order valence-corrected chi connectivity index (χ0v) is 8.02. The van der Waals surface area contributed by atoms with E-state index in [4.69, 9.17) is 0 Å². The third-order valence-electron chi connectivity index (χ3n) is 1.86. The Kier molecular flexibility index (Phi) is 1.58. The summed E-state index contributed by atoms with van der Waals surface area (Å²) >= 11 is 0. The van der Waals surface area contributed by atoms with Crippen molar-refractivity contribution >= 4 is 5.65 Å². The molecule has 2 aromatic rings. The maximum Gasteiger partial charge on any atom is 0.158 e. The lowest BCUT2D eigenvalue weighted by molar-refractivity contribution is 0.520. The van der Waals surface area contributed by atoms with E-state index in [2.05, 4.69) is 35.8 Å². The Morgan fingerprint density at radius 1 is 1.23 bits per heavy atom. The molecule has 0 fully saturated rings. The van der Waals surface area contributed by atoms with E-state index in [0.717, 1.165) is 11.5 Å². The summed E-state index contributed by atoms with van der Waals surface area (Å²) < 4.78 is 1.78. The van der Waals surface area contributed by atoms with Gasteiger partial charge in [-0.1, -0.05) is 20.8 Å². The molecule has 0 amide bonds. The summed E-state index contributed by atoms with van der Waals surface area (Å²) in [6, 6.07) is 1.87. The first-order valence-corrected chi connectivity index (χ1v) is 4.24. The van der Waals surface area contributed by atoms with Crippen LogP contribution in [0.5, 0.6) is 0 Å². The number of aromatic nitrogens is 4. The van der Waals surface area contributed by atoms with Crippen LogP contribution in [0.1, 0.15) is 26.6 Å². The first kappa shape index (κ1) is 8.16. The second kappa shape index (κ2) is 2.52. The van der Waals surface area contributed by atoms with E-state index >= 15 is 0 Å². The molecule has 0 bridgehead atoms. The molecule has 0 aliphatic heterocycles. The number of nitrogens with zero attached hydrogens (tertiary/aromatic N) is 4. The van der Waals surface area contributed by atoms with Crippen molar-refractivity contribution in [3.63, 3.8) is 0 Å². The van der Waals surface area contributed by atoms with Crippen molar-refractivity contribution in [2.24, 2.45) is 0 Å². The molecule has 0 aliphatic carbocycles. The zero-order valence-electron chi connectivity index (χ0n) is 8.02. The maximum atomic E-state index is 4.24. The first-order valence-electron chi connectivity index (χ1n) is 4.24. The van der Waals surface area contributed by atoms with Crippen LogP contribution in [0.15, 0.2) is 18.6 Å². The number of hydrogen-bond acceptors (Lipinski definition) is 3. The predicted octanol–water partition coefficient (Wildman–Crippen LogP) is 1.42. The average molecular weight is 176 g/mol. The van der Waals surface area contributed by atoms with Gasteiger partial charge in [-0.05, 0) is 0 Å². The second-order valence-corrected chi connectivity index (χ2v) is 4.05. The number of rotatable bonds is 0. The minimum Gasteiger partial charge on any atom is -0.221 e. The second-order valence-electron chi connectivity index (χ2n) is 4.05. The van der Waals surface area contributed by atoms with Gasteiger partial charge >= 0.3 is 0 Å². The SMILES string of the molecule is CC(C)(C)c1ncnc2ccnn12. The Hall–Kier alpha value is -1.45. The van der Waals surface area contributed by atoms with Crippen molar-refractivity contribution < 1.29 is 0 Å². The van der Waals surface area contributed by atoms with E-state index in [-0.39, 0.29) is 5.41 Å². The molecule has 4 nitrogen and oxygen atoms in total. The molecule has 0 aromatic carbocycles. The fourth-order valence-electron chi connectivity index (χ4n) is 1.27. The molecule has 0 saturated heterocycles. The summed E-state index contributed by atoms with van der Waals surface area (Å²) in [6.45, 7) is 6.32. The summed E-state index contributed by atoms with van der Waals surface area (Å²) in [5.74, 6) is 0.933. The largest absolute Gasteiger partial charge is 0.221 e. The number of fused-ring (bicyclic) bond motifs is 1. The van der Waals surface area contributed by atoms with Gasteiger partial charge in [0.15, 0.2) is 5.65 Å². The number of hydrogen-bond donors (Lipinski definition) is 0. The van der Waals surface area contributed by atoms with Crippen LogP contribution in [0.25, 0.3) is 5.65 Å². The van der Waals surface area contributed by atoms with E-state index in [1.165, 1.54) is 0 Å².